The van der Waals surface area contributed by atoms with Gasteiger partial charge in [-0.2, -0.15) is 4.31 Å². The largest absolute Gasteiger partial charge is 0.465 e. The van der Waals surface area contributed by atoms with E-state index in [1.54, 1.807) is 47.7 Å². The lowest BCUT2D eigenvalue weighted by Crippen LogP contribution is -2.52. The molecule has 0 aliphatic carbocycles. The first-order chi connectivity index (χ1) is 16.5. The highest BCUT2D eigenvalue weighted by Gasteiger charge is 2.42. The first kappa shape index (κ1) is 28.5. The van der Waals surface area contributed by atoms with Gasteiger partial charge < -0.3 is 20.1 Å². The van der Waals surface area contributed by atoms with Crippen molar-refractivity contribution in [2.45, 2.75) is 82.5 Å². The molecule has 3 heterocycles. The summed E-state index contributed by atoms with van der Waals surface area (Å²) in [7, 11) is -3.96. The fraction of sp³-hybridized carbons (Fsp3) is 0.696. The molecule has 36 heavy (non-hydrogen) atoms. The van der Waals surface area contributed by atoms with E-state index >= 15 is 0 Å². The summed E-state index contributed by atoms with van der Waals surface area (Å²) >= 11 is 3.34. The van der Waals surface area contributed by atoms with Crippen LogP contribution in [0.1, 0.15) is 54.4 Å². The van der Waals surface area contributed by atoms with Gasteiger partial charge in [-0.05, 0) is 76.4 Å². The molecule has 2 aliphatic rings. The number of hydrogen-bond donors (Lipinski definition) is 2. The molecule has 1 aromatic rings. The molecule has 0 aromatic carbocycles. The number of pyridine rings is 1. The zero-order valence-electron chi connectivity index (χ0n) is 21.6. The van der Waals surface area contributed by atoms with Crippen LogP contribution in [0, 0.1) is 0 Å². The number of aromatic nitrogens is 1. The molecule has 2 atom stereocenters. The summed E-state index contributed by atoms with van der Waals surface area (Å²) in [5.41, 5.74) is -1.28. The number of alkyl carbamates (subject to hydrolysis) is 1. The number of sulfonamides is 1. The molecule has 11 nitrogen and oxygen atoms in total. The highest BCUT2D eigenvalue weighted by Crippen LogP contribution is 2.34. The third-order valence-corrected chi connectivity index (χ3v) is 8.35. The van der Waals surface area contributed by atoms with E-state index in [2.05, 4.69) is 26.2 Å². The molecule has 3 rings (SSSR count). The van der Waals surface area contributed by atoms with E-state index in [1.807, 2.05) is 4.90 Å². The Balaban J connectivity index is 1.80. The van der Waals surface area contributed by atoms with Gasteiger partial charge in [-0.15, -0.1) is 0 Å². The van der Waals surface area contributed by atoms with Crippen LogP contribution in [-0.2, 0) is 14.8 Å². The fourth-order valence-electron chi connectivity index (χ4n) is 4.66. The van der Waals surface area contributed by atoms with Crippen LogP contribution in [0.2, 0.25) is 0 Å². The van der Waals surface area contributed by atoms with E-state index < -0.39 is 39.4 Å². The minimum atomic E-state index is -3.96. The summed E-state index contributed by atoms with van der Waals surface area (Å²) in [6, 6.07) is 0.862. The lowest BCUT2D eigenvalue weighted by Gasteiger charge is -2.37. The van der Waals surface area contributed by atoms with Gasteiger partial charge in [0.25, 0.3) is 0 Å². The lowest BCUT2D eigenvalue weighted by atomic mass is 10.0. The summed E-state index contributed by atoms with van der Waals surface area (Å²) in [5.74, 6) is 0.307. The van der Waals surface area contributed by atoms with E-state index in [1.165, 1.54) is 15.3 Å². The summed E-state index contributed by atoms with van der Waals surface area (Å²) in [5, 5.41) is 12.6. The third kappa shape index (κ3) is 6.60. The van der Waals surface area contributed by atoms with Gasteiger partial charge in [-0.25, -0.2) is 23.0 Å². The number of amides is 2. The van der Waals surface area contributed by atoms with E-state index in [9.17, 15) is 23.1 Å². The number of carbonyl (C=O) groups excluding carboxylic acids is 1. The molecule has 0 saturated carbocycles. The Morgan fingerprint density at radius 1 is 1.17 bits per heavy atom. The second-order valence-electron chi connectivity index (χ2n) is 11.2. The smallest absolute Gasteiger partial charge is 0.408 e. The van der Waals surface area contributed by atoms with Crippen molar-refractivity contribution in [1.29, 1.82) is 0 Å². The molecule has 0 bridgehead atoms. The predicted octanol–water partition coefficient (Wildman–Crippen LogP) is 3.49. The fourth-order valence-corrected chi connectivity index (χ4v) is 6.82. The standard InChI is InChI=1S/C23H36BrN5O6S/c1-22(2,3)29(21(31)32)17-8-10-28(14-17)36(33,34)18-11-15(24)12-25-19(18)27-9-7-16(13-27)26-20(30)35-23(4,5)6/h11-12,16-17H,7-10,13-14H2,1-6H3,(H,26,30)(H,31,32)/t16-,17-/m0/s1. The van der Waals surface area contributed by atoms with Crippen LogP contribution in [0.5, 0.6) is 0 Å². The van der Waals surface area contributed by atoms with Crippen LogP contribution in [0.3, 0.4) is 0 Å². The number of carbonyl (C=O) groups is 2. The number of carboxylic acid groups (broad SMARTS) is 1. The number of ether oxygens (including phenoxy) is 1. The summed E-state index contributed by atoms with van der Waals surface area (Å²) < 4.78 is 34.7. The quantitative estimate of drug-likeness (QED) is 0.533. The molecule has 202 valence electrons. The average Bonchev–Trinajstić information content (AvgIpc) is 3.35. The molecule has 13 heteroatoms. The summed E-state index contributed by atoms with van der Waals surface area (Å²) in [6.45, 7) is 11.9. The topological polar surface area (TPSA) is 132 Å². The Hall–Kier alpha value is -2.12. The Morgan fingerprint density at radius 2 is 1.83 bits per heavy atom. The number of rotatable bonds is 5. The molecule has 0 spiro atoms. The second-order valence-corrected chi connectivity index (χ2v) is 14.0. The molecule has 2 saturated heterocycles. The molecule has 2 N–H and O–H groups in total. The first-order valence-electron chi connectivity index (χ1n) is 11.9. The zero-order chi connectivity index (χ0) is 27.1. The van der Waals surface area contributed by atoms with E-state index in [0.717, 1.165) is 0 Å². The van der Waals surface area contributed by atoms with Gasteiger partial charge in [-0.3, -0.25) is 4.90 Å². The molecule has 0 unspecified atom stereocenters. The van der Waals surface area contributed by atoms with Gasteiger partial charge >= 0.3 is 12.2 Å². The van der Waals surface area contributed by atoms with Crippen LogP contribution in [0.4, 0.5) is 15.4 Å². The molecule has 2 amide bonds. The Labute approximate surface area is 221 Å². The molecule has 2 fully saturated rings. The number of nitrogens with zero attached hydrogens (tertiary/aromatic N) is 4. The van der Waals surface area contributed by atoms with Crippen LogP contribution in [0.15, 0.2) is 21.6 Å². The average molecular weight is 591 g/mol. The van der Waals surface area contributed by atoms with E-state index in [-0.39, 0.29) is 24.0 Å². The Kier molecular flexibility index (Phi) is 8.16. The molecule has 0 radical (unpaired) electrons. The van der Waals surface area contributed by atoms with Gasteiger partial charge in [0, 0.05) is 42.4 Å². The maximum atomic E-state index is 13.8. The maximum Gasteiger partial charge on any atom is 0.408 e. The molecular formula is C23H36BrN5O6S. The second kappa shape index (κ2) is 10.3. The zero-order valence-corrected chi connectivity index (χ0v) is 24.0. The number of anilines is 1. The van der Waals surface area contributed by atoms with E-state index in [0.29, 0.717) is 36.2 Å². The van der Waals surface area contributed by atoms with Crippen LogP contribution >= 0.6 is 15.9 Å². The normalized spacial score (nSPS) is 21.5. The number of nitrogens with one attached hydrogen (secondary N) is 1. The van der Waals surface area contributed by atoms with Gasteiger partial charge in [0.2, 0.25) is 10.0 Å². The minimum Gasteiger partial charge on any atom is -0.465 e. The Bertz CT molecular complexity index is 1100. The highest BCUT2D eigenvalue weighted by molar-refractivity contribution is 9.10. The van der Waals surface area contributed by atoms with Crippen molar-refractivity contribution in [3.8, 4) is 0 Å². The third-order valence-electron chi connectivity index (χ3n) is 6.05. The van der Waals surface area contributed by atoms with Crippen molar-refractivity contribution < 1.29 is 27.9 Å². The van der Waals surface area contributed by atoms with Crippen LogP contribution in [0.25, 0.3) is 0 Å². The van der Waals surface area contributed by atoms with Gasteiger partial charge in [-0.1, -0.05) is 0 Å². The predicted molar refractivity (Wildman–Crippen MR) is 139 cm³/mol. The first-order valence-corrected chi connectivity index (χ1v) is 14.1. The highest BCUT2D eigenvalue weighted by atomic mass is 79.9. The van der Waals surface area contributed by atoms with Crippen molar-refractivity contribution in [2.75, 3.05) is 31.1 Å². The molecule has 1 aromatic heterocycles. The monoisotopic (exact) mass is 589 g/mol. The van der Waals surface area contributed by atoms with Crippen molar-refractivity contribution in [1.82, 2.24) is 19.5 Å². The number of halogens is 1. The Morgan fingerprint density at radius 3 is 2.42 bits per heavy atom. The molecular weight excluding hydrogens is 554 g/mol. The van der Waals surface area contributed by atoms with Crippen LogP contribution < -0.4 is 10.2 Å². The van der Waals surface area contributed by atoms with Gasteiger partial charge in [0.15, 0.2) is 0 Å². The minimum absolute atomic E-state index is 0.0491. The SMILES string of the molecule is CC(C)(C)OC(=O)N[C@H]1CCN(c2ncc(Br)cc2S(=O)(=O)N2CC[C@H](N(C(=O)O)C(C)(C)C)C2)C1. The summed E-state index contributed by atoms with van der Waals surface area (Å²) in [4.78, 5) is 31.7. The van der Waals surface area contributed by atoms with Gasteiger partial charge in [0.05, 0.1) is 12.1 Å². The van der Waals surface area contributed by atoms with Crippen molar-refractivity contribution in [2.24, 2.45) is 0 Å². The maximum absolute atomic E-state index is 13.8. The lowest BCUT2D eigenvalue weighted by molar-refractivity contribution is 0.0508. The van der Waals surface area contributed by atoms with Crippen molar-refractivity contribution in [3.05, 3.63) is 16.7 Å². The molecule has 2 aliphatic heterocycles. The van der Waals surface area contributed by atoms with Gasteiger partial charge in [0.1, 0.15) is 16.3 Å². The van der Waals surface area contributed by atoms with Crippen molar-refractivity contribution >= 4 is 44.0 Å². The van der Waals surface area contributed by atoms with Crippen molar-refractivity contribution in [3.63, 3.8) is 0 Å². The summed E-state index contributed by atoms with van der Waals surface area (Å²) in [6.07, 6.45) is 0.974. The number of hydrogen-bond acceptors (Lipinski definition) is 7. The van der Waals surface area contributed by atoms with Crippen LogP contribution in [-0.4, -0.2) is 89.3 Å². The van der Waals surface area contributed by atoms with E-state index in [4.69, 9.17) is 4.74 Å².